The van der Waals surface area contributed by atoms with E-state index in [-0.39, 0.29) is 29.5 Å². The van der Waals surface area contributed by atoms with Gasteiger partial charge in [0, 0.05) is 5.92 Å². The fourth-order valence-electron chi connectivity index (χ4n) is 3.71. The zero-order chi connectivity index (χ0) is 16.9. The Labute approximate surface area is 143 Å². The summed E-state index contributed by atoms with van der Waals surface area (Å²) in [5.41, 5.74) is 2.28. The zero-order valence-corrected chi connectivity index (χ0v) is 14.1. The van der Waals surface area contributed by atoms with Crippen LogP contribution in [0.1, 0.15) is 55.7 Å². The number of hydrogen-bond acceptors (Lipinski definition) is 2. The molecule has 3 atom stereocenters. The number of hydrogen-bond donors (Lipinski definition) is 2. The van der Waals surface area contributed by atoms with Gasteiger partial charge in [-0.05, 0) is 48.9 Å². The summed E-state index contributed by atoms with van der Waals surface area (Å²) in [4.78, 5) is 12.9. The average molecular weight is 323 g/mol. The highest BCUT2D eigenvalue weighted by molar-refractivity contribution is 5.80. The number of phenolic OH excluding ortho intramolecular Hbond substituents is 1. The summed E-state index contributed by atoms with van der Waals surface area (Å²) < 4.78 is 0. The first-order valence-corrected chi connectivity index (χ1v) is 8.79. The highest BCUT2D eigenvalue weighted by atomic mass is 16.3. The Bertz CT molecular complexity index is 666. The second kappa shape index (κ2) is 7.52. The molecule has 24 heavy (non-hydrogen) atoms. The van der Waals surface area contributed by atoms with Gasteiger partial charge in [-0.3, -0.25) is 4.79 Å². The number of rotatable bonds is 4. The fraction of sp³-hybridized carbons (Fsp3) is 0.381. The summed E-state index contributed by atoms with van der Waals surface area (Å²) in [6.45, 7) is 2.03. The van der Waals surface area contributed by atoms with Crippen LogP contribution in [-0.2, 0) is 4.79 Å². The molecule has 2 N–H and O–H groups in total. The van der Waals surface area contributed by atoms with Crippen molar-refractivity contribution in [3.8, 4) is 5.75 Å². The number of carbonyl (C=O) groups excluding carboxylic acids is 1. The van der Waals surface area contributed by atoms with Gasteiger partial charge >= 0.3 is 0 Å². The molecule has 1 saturated carbocycles. The standard InChI is InChI=1S/C21H25NO2/c1-15(16-7-3-2-4-8-16)22-21(24)20-10-6-5-9-19(20)17-11-13-18(23)14-12-17/h2-4,7-8,11-15,19-20,23H,5-6,9-10H2,1H3,(H,22,24)/t15-,19+,20-/m0/s1. The van der Waals surface area contributed by atoms with Crippen molar-refractivity contribution in [2.24, 2.45) is 5.92 Å². The van der Waals surface area contributed by atoms with E-state index < -0.39 is 0 Å². The molecule has 3 nitrogen and oxygen atoms in total. The molecule has 3 rings (SSSR count). The van der Waals surface area contributed by atoms with E-state index >= 15 is 0 Å². The maximum atomic E-state index is 12.9. The van der Waals surface area contributed by atoms with Gasteiger partial charge in [-0.15, -0.1) is 0 Å². The first-order valence-electron chi connectivity index (χ1n) is 8.79. The first-order chi connectivity index (χ1) is 11.6. The lowest BCUT2D eigenvalue weighted by molar-refractivity contribution is -0.127. The number of carbonyl (C=O) groups is 1. The summed E-state index contributed by atoms with van der Waals surface area (Å²) >= 11 is 0. The quantitative estimate of drug-likeness (QED) is 0.867. The Hall–Kier alpha value is -2.29. The Morgan fingerprint density at radius 1 is 1.04 bits per heavy atom. The highest BCUT2D eigenvalue weighted by Gasteiger charge is 2.32. The van der Waals surface area contributed by atoms with E-state index in [2.05, 4.69) is 5.32 Å². The molecule has 0 unspecified atom stereocenters. The van der Waals surface area contributed by atoms with Crippen LogP contribution in [0.3, 0.4) is 0 Å². The number of nitrogens with one attached hydrogen (secondary N) is 1. The molecule has 0 saturated heterocycles. The number of phenols is 1. The monoisotopic (exact) mass is 323 g/mol. The van der Waals surface area contributed by atoms with Crippen LogP contribution >= 0.6 is 0 Å². The molecule has 1 amide bonds. The van der Waals surface area contributed by atoms with E-state index in [0.717, 1.165) is 36.8 Å². The summed E-state index contributed by atoms with van der Waals surface area (Å²) in [5.74, 6) is 0.661. The molecule has 0 aromatic heterocycles. The molecule has 3 heteroatoms. The third kappa shape index (κ3) is 3.78. The fourth-order valence-corrected chi connectivity index (χ4v) is 3.71. The van der Waals surface area contributed by atoms with Gasteiger partial charge in [-0.1, -0.05) is 55.3 Å². The largest absolute Gasteiger partial charge is 0.508 e. The molecule has 0 radical (unpaired) electrons. The van der Waals surface area contributed by atoms with Crippen LogP contribution in [-0.4, -0.2) is 11.0 Å². The predicted octanol–water partition coefficient (Wildman–Crippen LogP) is 4.54. The maximum Gasteiger partial charge on any atom is 0.224 e. The molecule has 0 bridgehead atoms. The van der Waals surface area contributed by atoms with E-state index in [1.807, 2.05) is 49.4 Å². The third-order valence-corrected chi connectivity index (χ3v) is 5.08. The van der Waals surface area contributed by atoms with Gasteiger partial charge in [-0.2, -0.15) is 0 Å². The second-order valence-corrected chi connectivity index (χ2v) is 6.73. The van der Waals surface area contributed by atoms with Crippen LogP contribution in [0.15, 0.2) is 54.6 Å². The lowest BCUT2D eigenvalue weighted by Gasteiger charge is -2.32. The molecule has 0 heterocycles. The molecule has 126 valence electrons. The van der Waals surface area contributed by atoms with Gasteiger partial charge in [0.05, 0.1) is 6.04 Å². The third-order valence-electron chi connectivity index (χ3n) is 5.08. The normalized spacial score (nSPS) is 21.9. The summed E-state index contributed by atoms with van der Waals surface area (Å²) in [7, 11) is 0. The van der Waals surface area contributed by atoms with Gasteiger partial charge in [0.15, 0.2) is 0 Å². The molecule has 0 aliphatic heterocycles. The minimum absolute atomic E-state index is 0.00875. The van der Waals surface area contributed by atoms with Crippen LogP contribution in [0.5, 0.6) is 5.75 Å². The number of amides is 1. The number of aromatic hydroxyl groups is 1. The molecule has 1 fully saturated rings. The van der Waals surface area contributed by atoms with Gasteiger partial charge in [0.1, 0.15) is 5.75 Å². The van der Waals surface area contributed by atoms with Crippen molar-refractivity contribution in [1.82, 2.24) is 5.32 Å². The molecule has 1 aliphatic carbocycles. The summed E-state index contributed by atoms with van der Waals surface area (Å²) in [6.07, 6.45) is 4.22. The van der Waals surface area contributed by atoms with E-state index in [9.17, 15) is 9.90 Å². The molecule has 1 aliphatic rings. The smallest absolute Gasteiger partial charge is 0.224 e. The van der Waals surface area contributed by atoms with Crippen molar-refractivity contribution < 1.29 is 9.90 Å². The average Bonchev–Trinajstić information content (AvgIpc) is 2.63. The van der Waals surface area contributed by atoms with Crippen molar-refractivity contribution in [2.45, 2.75) is 44.6 Å². The van der Waals surface area contributed by atoms with Crippen LogP contribution in [0.2, 0.25) is 0 Å². The highest BCUT2D eigenvalue weighted by Crippen LogP contribution is 2.38. The van der Waals surface area contributed by atoms with E-state index in [0.29, 0.717) is 0 Å². The predicted molar refractivity (Wildman–Crippen MR) is 95.8 cm³/mol. The Morgan fingerprint density at radius 2 is 1.71 bits per heavy atom. The Balaban J connectivity index is 1.72. The molecule has 2 aromatic rings. The summed E-state index contributed by atoms with van der Waals surface area (Å²) in [6, 6.07) is 17.4. The van der Waals surface area contributed by atoms with E-state index in [1.165, 1.54) is 0 Å². The van der Waals surface area contributed by atoms with Crippen molar-refractivity contribution in [1.29, 1.82) is 0 Å². The van der Waals surface area contributed by atoms with Crippen molar-refractivity contribution in [3.63, 3.8) is 0 Å². The minimum atomic E-state index is 0.00875. The van der Waals surface area contributed by atoms with Crippen LogP contribution < -0.4 is 5.32 Å². The minimum Gasteiger partial charge on any atom is -0.508 e. The van der Waals surface area contributed by atoms with Gasteiger partial charge in [-0.25, -0.2) is 0 Å². The van der Waals surface area contributed by atoms with Crippen molar-refractivity contribution in [2.75, 3.05) is 0 Å². The second-order valence-electron chi connectivity index (χ2n) is 6.73. The Kier molecular flexibility index (Phi) is 5.19. The van der Waals surface area contributed by atoms with E-state index in [1.54, 1.807) is 12.1 Å². The van der Waals surface area contributed by atoms with Gasteiger partial charge < -0.3 is 10.4 Å². The lowest BCUT2D eigenvalue weighted by atomic mass is 9.75. The summed E-state index contributed by atoms with van der Waals surface area (Å²) in [5, 5.41) is 12.7. The topological polar surface area (TPSA) is 49.3 Å². The van der Waals surface area contributed by atoms with E-state index in [4.69, 9.17) is 0 Å². The lowest BCUT2D eigenvalue weighted by Crippen LogP contribution is -2.37. The SMILES string of the molecule is C[C@H](NC(=O)[C@H]1CCCC[C@@H]1c1ccc(O)cc1)c1ccccc1. The molecular formula is C21H25NO2. The molecule has 0 spiro atoms. The van der Waals surface area contributed by atoms with Crippen molar-refractivity contribution in [3.05, 3.63) is 65.7 Å². The van der Waals surface area contributed by atoms with Crippen LogP contribution in [0.4, 0.5) is 0 Å². The maximum absolute atomic E-state index is 12.9. The Morgan fingerprint density at radius 3 is 2.42 bits per heavy atom. The van der Waals surface area contributed by atoms with Crippen LogP contribution in [0.25, 0.3) is 0 Å². The number of benzene rings is 2. The van der Waals surface area contributed by atoms with Gasteiger partial charge in [0.2, 0.25) is 5.91 Å². The first kappa shape index (κ1) is 16.6. The molecular weight excluding hydrogens is 298 g/mol. The molecule has 2 aromatic carbocycles. The van der Waals surface area contributed by atoms with Crippen LogP contribution in [0, 0.1) is 5.92 Å². The van der Waals surface area contributed by atoms with Crippen molar-refractivity contribution >= 4 is 5.91 Å². The zero-order valence-electron chi connectivity index (χ0n) is 14.1. The van der Waals surface area contributed by atoms with Gasteiger partial charge in [0.25, 0.3) is 0 Å².